The first-order valence-corrected chi connectivity index (χ1v) is 21.3. The molecule has 0 unspecified atom stereocenters. The van der Waals surface area contributed by atoms with Crippen LogP contribution in [0.4, 0.5) is 0 Å². The van der Waals surface area contributed by atoms with E-state index in [0.29, 0.717) is 5.82 Å². The second kappa shape index (κ2) is 14.1. The molecule has 9 aromatic carbocycles. The molecule has 11 aromatic rings. The third kappa shape index (κ3) is 5.89. The zero-order valence-corrected chi connectivity index (χ0v) is 34.4. The summed E-state index contributed by atoms with van der Waals surface area (Å²) in [6.07, 6.45) is 0. The minimum absolute atomic E-state index is 0.144. The van der Waals surface area contributed by atoms with Gasteiger partial charge in [0.1, 0.15) is 11.2 Å². The summed E-state index contributed by atoms with van der Waals surface area (Å²) in [4.78, 5) is 10.6. The van der Waals surface area contributed by atoms with Gasteiger partial charge in [0, 0.05) is 38.4 Å². The van der Waals surface area contributed by atoms with Crippen LogP contribution in [0.25, 0.3) is 111 Å². The second-order valence-corrected chi connectivity index (χ2v) is 16.9. The summed E-state index contributed by atoms with van der Waals surface area (Å²) in [5.41, 5.74) is 18.4. The highest BCUT2D eigenvalue weighted by atomic mass is 16.3. The van der Waals surface area contributed by atoms with Crippen molar-refractivity contribution in [2.45, 2.75) is 19.3 Å². The van der Waals surface area contributed by atoms with Crippen molar-refractivity contribution in [3.05, 3.63) is 217 Å². The molecule has 1 aliphatic carbocycles. The van der Waals surface area contributed by atoms with Crippen LogP contribution in [0.1, 0.15) is 25.0 Å². The van der Waals surface area contributed by atoms with Gasteiger partial charge in [0.05, 0.1) is 11.4 Å². The first-order chi connectivity index (χ1) is 30.5. The maximum atomic E-state index is 6.57. The number of para-hydroxylation sites is 2. The van der Waals surface area contributed by atoms with Gasteiger partial charge in [-0.15, -0.1) is 0 Å². The topological polar surface area (TPSA) is 38.9 Å². The number of fused-ring (bicyclic) bond motifs is 8. The van der Waals surface area contributed by atoms with E-state index in [1.54, 1.807) is 0 Å². The van der Waals surface area contributed by atoms with Gasteiger partial charge in [-0.05, 0) is 103 Å². The summed E-state index contributed by atoms with van der Waals surface area (Å²) in [5, 5.41) is 4.83. The Morgan fingerprint density at radius 1 is 0.371 bits per heavy atom. The van der Waals surface area contributed by atoms with Crippen molar-refractivity contribution in [1.29, 1.82) is 0 Å². The van der Waals surface area contributed by atoms with E-state index in [0.717, 1.165) is 77.8 Å². The van der Waals surface area contributed by atoms with Gasteiger partial charge in [-0.25, -0.2) is 9.97 Å². The molecule has 0 spiro atoms. The van der Waals surface area contributed by atoms with Crippen molar-refractivity contribution in [1.82, 2.24) is 9.97 Å². The van der Waals surface area contributed by atoms with Gasteiger partial charge in [-0.1, -0.05) is 178 Å². The zero-order valence-electron chi connectivity index (χ0n) is 34.4. The Morgan fingerprint density at radius 2 is 0.968 bits per heavy atom. The minimum atomic E-state index is -0.144. The van der Waals surface area contributed by atoms with Crippen molar-refractivity contribution >= 4 is 32.7 Å². The summed E-state index contributed by atoms with van der Waals surface area (Å²) < 4.78 is 6.57. The van der Waals surface area contributed by atoms with E-state index >= 15 is 0 Å². The largest absolute Gasteiger partial charge is 0.455 e. The van der Waals surface area contributed by atoms with Crippen molar-refractivity contribution < 1.29 is 4.42 Å². The van der Waals surface area contributed by atoms with Crippen LogP contribution in [0.5, 0.6) is 0 Å². The molecule has 62 heavy (non-hydrogen) atoms. The minimum Gasteiger partial charge on any atom is -0.455 e. The Kier molecular flexibility index (Phi) is 8.20. The molecule has 0 radical (unpaired) electrons. The fourth-order valence-electron chi connectivity index (χ4n) is 9.80. The predicted octanol–water partition coefficient (Wildman–Crippen LogP) is 15.8. The first-order valence-electron chi connectivity index (χ1n) is 21.3. The summed E-state index contributed by atoms with van der Waals surface area (Å²) in [5.74, 6) is 0.679. The molecule has 0 atom stereocenters. The number of benzene rings is 9. The average molecular weight is 793 g/mol. The summed E-state index contributed by atoms with van der Waals surface area (Å²) in [6.45, 7) is 4.74. The Hall–Kier alpha value is -7.88. The van der Waals surface area contributed by atoms with Crippen LogP contribution in [0.3, 0.4) is 0 Å². The lowest BCUT2D eigenvalue weighted by Crippen LogP contribution is -2.15. The SMILES string of the molecule is CC1(C)c2cc(-c3cccc(-c4cc(-c5cc(-c6ccccc6)cc(-c6cccc7c6oc6ccccc67)c5)nc(-c5ccccc5)n4)c3)ccc2-c2ccc3ccccc3c21. The number of nitrogens with zero attached hydrogens (tertiary/aromatic N) is 2. The van der Waals surface area contributed by atoms with Crippen molar-refractivity contribution in [3.63, 3.8) is 0 Å². The third-order valence-electron chi connectivity index (χ3n) is 12.8. The van der Waals surface area contributed by atoms with Gasteiger partial charge < -0.3 is 4.42 Å². The Morgan fingerprint density at radius 3 is 1.81 bits per heavy atom. The molecule has 0 saturated heterocycles. The van der Waals surface area contributed by atoms with Crippen LogP contribution in [0, 0.1) is 0 Å². The van der Waals surface area contributed by atoms with E-state index < -0.39 is 0 Å². The van der Waals surface area contributed by atoms with E-state index in [1.807, 2.05) is 30.3 Å². The van der Waals surface area contributed by atoms with Crippen LogP contribution in [-0.4, -0.2) is 9.97 Å². The molecule has 1 aliphatic rings. The van der Waals surface area contributed by atoms with Crippen molar-refractivity contribution in [2.24, 2.45) is 0 Å². The van der Waals surface area contributed by atoms with E-state index in [-0.39, 0.29) is 5.41 Å². The molecule has 0 saturated carbocycles. The fraction of sp³-hybridized carbons (Fsp3) is 0.0508. The second-order valence-electron chi connectivity index (χ2n) is 16.9. The molecule has 2 aromatic heterocycles. The normalized spacial score (nSPS) is 12.8. The Balaban J connectivity index is 1.01. The predicted molar refractivity (Wildman–Crippen MR) is 257 cm³/mol. The summed E-state index contributed by atoms with van der Waals surface area (Å²) in [7, 11) is 0. The number of furan rings is 1. The van der Waals surface area contributed by atoms with Gasteiger partial charge in [0.25, 0.3) is 0 Å². The maximum Gasteiger partial charge on any atom is 0.160 e. The Labute approximate surface area is 360 Å². The molecule has 3 nitrogen and oxygen atoms in total. The van der Waals surface area contributed by atoms with Crippen LogP contribution >= 0.6 is 0 Å². The molecule has 3 heteroatoms. The molecule has 2 heterocycles. The number of hydrogen-bond donors (Lipinski definition) is 0. The van der Waals surface area contributed by atoms with Gasteiger partial charge in [0.2, 0.25) is 0 Å². The highest BCUT2D eigenvalue weighted by Gasteiger charge is 2.37. The third-order valence-corrected chi connectivity index (χ3v) is 12.8. The van der Waals surface area contributed by atoms with E-state index in [4.69, 9.17) is 14.4 Å². The quantitative estimate of drug-likeness (QED) is 0.168. The van der Waals surface area contributed by atoms with Gasteiger partial charge >= 0.3 is 0 Å². The lowest BCUT2D eigenvalue weighted by molar-refractivity contribution is 0.666. The molecule has 0 N–H and O–H groups in total. The highest BCUT2D eigenvalue weighted by Crippen LogP contribution is 2.52. The molecule has 292 valence electrons. The van der Waals surface area contributed by atoms with Crippen molar-refractivity contribution in [2.75, 3.05) is 0 Å². The highest BCUT2D eigenvalue weighted by molar-refractivity contribution is 6.10. The van der Waals surface area contributed by atoms with Gasteiger partial charge in [-0.3, -0.25) is 0 Å². The molecule has 12 rings (SSSR count). The van der Waals surface area contributed by atoms with Gasteiger partial charge in [-0.2, -0.15) is 0 Å². The number of rotatable bonds is 6. The molecule has 0 aliphatic heterocycles. The van der Waals surface area contributed by atoms with E-state index in [2.05, 4.69) is 190 Å². The molecule has 0 amide bonds. The van der Waals surface area contributed by atoms with Crippen LogP contribution in [0.2, 0.25) is 0 Å². The zero-order chi connectivity index (χ0) is 41.4. The summed E-state index contributed by atoms with van der Waals surface area (Å²) in [6, 6.07) is 73.6. The van der Waals surface area contributed by atoms with Crippen LogP contribution in [-0.2, 0) is 5.41 Å². The lowest BCUT2D eigenvalue weighted by atomic mass is 9.79. The lowest BCUT2D eigenvalue weighted by Gasteiger charge is -2.23. The maximum absolute atomic E-state index is 6.57. The molecular weight excluding hydrogens is 753 g/mol. The summed E-state index contributed by atoms with van der Waals surface area (Å²) >= 11 is 0. The molecular formula is C59H40N2O. The molecule has 0 bridgehead atoms. The average Bonchev–Trinajstić information content (AvgIpc) is 3.83. The monoisotopic (exact) mass is 792 g/mol. The van der Waals surface area contributed by atoms with E-state index in [1.165, 1.54) is 38.6 Å². The van der Waals surface area contributed by atoms with Crippen LogP contribution < -0.4 is 0 Å². The van der Waals surface area contributed by atoms with Crippen LogP contribution in [0.15, 0.2) is 211 Å². The van der Waals surface area contributed by atoms with Gasteiger partial charge in [0.15, 0.2) is 5.82 Å². The smallest absolute Gasteiger partial charge is 0.160 e. The number of hydrogen-bond acceptors (Lipinski definition) is 3. The first kappa shape index (κ1) is 36.0. The fourth-order valence-corrected chi connectivity index (χ4v) is 9.80. The van der Waals surface area contributed by atoms with E-state index in [9.17, 15) is 0 Å². The standard InChI is InChI=1S/C59H40N2O/c1-59(2)52-35-41(28-29-48(52)50-30-27-38-17-9-10-22-46(38)56(50)59)40-20-13-21-42(31-40)53-36-54(61-58(60-53)39-18-7-4-8-19-39)45-33-43(37-15-5-3-6-16-37)32-44(34-45)47-24-14-25-51-49-23-11-12-26-55(49)62-57(47)51/h3-36H,1-2H3. The van der Waals surface area contributed by atoms with Crippen molar-refractivity contribution in [3.8, 4) is 78.4 Å². The molecule has 0 fully saturated rings. The Bertz CT molecular complexity index is 3540. The number of aromatic nitrogens is 2.